The Kier molecular flexibility index (Phi) is 6.32. The standard InChI is InChI=1S/C12H19N3O2.C2H6/c1-8-6-10(13)14-7-9(8)15(5)11(16)17-12(2,3)4;1-2/h6-7H,1-5H3,(H2,13,14);1-2H3. The number of carbonyl (C=O) groups excluding carboxylic acids is 1. The Balaban J connectivity index is 0.00000154. The number of rotatable bonds is 1. The minimum absolute atomic E-state index is 0.410. The van der Waals surface area contributed by atoms with Crippen LogP contribution < -0.4 is 10.6 Å². The van der Waals surface area contributed by atoms with Gasteiger partial charge in [-0.2, -0.15) is 0 Å². The minimum atomic E-state index is -0.513. The van der Waals surface area contributed by atoms with Crippen molar-refractivity contribution in [2.45, 2.75) is 47.1 Å². The van der Waals surface area contributed by atoms with Crippen LogP contribution in [-0.2, 0) is 4.74 Å². The van der Waals surface area contributed by atoms with Gasteiger partial charge in [-0.25, -0.2) is 9.78 Å². The van der Waals surface area contributed by atoms with Crippen molar-refractivity contribution in [1.82, 2.24) is 4.98 Å². The predicted octanol–water partition coefficient (Wildman–Crippen LogP) is 3.37. The fourth-order valence-corrected chi connectivity index (χ4v) is 1.35. The zero-order chi connectivity index (χ0) is 15.2. The van der Waals surface area contributed by atoms with E-state index in [1.54, 1.807) is 19.3 Å². The molecule has 108 valence electrons. The summed E-state index contributed by atoms with van der Waals surface area (Å²) in [6, 6.07) is 1.72. The zero-order valence-electron chi connectivity index (χ0n) is 12.9. The van der Waals surface area contributed by atoms with Gasteiger partial charge in [0.25, 0.3) is 0 Å². The number of aromatic nitrogens is 1. The molecule has 5 nitrogen and oxygen atoms in total. The molecule has 0 saturated carbocycles. The monoisotopic (exact) mass is 267 g/mol. The summed E-state index contributed by atoms with van der Waals surface area (Å²) in [6.45, 7) is 11.3. The molecular formula is C14H25N3O2. The number of carbonyl (C=O) groups is 1. The Morgan fingerprint density at radius 2 is 1.89 bits per heavy atom. The van der Waals surface area contributed by atoms with E-state index in [1.165, 1.54) is 4.90 Å². The van der Waals surface area contributed by atoms with Crippen molar-refractivity contribution in [3.05, 3.63) is 17.8 Å². The number of pyridine rings is 1. The van der Waals surface area contributed by atoms with E-state index in [0.717, 1.165) is 5.56 Å². The molecule has 0 aromatic carbocycles. The number of ether oxygens (including phenoxy) is 1. The number of amides is 1. The molecule has 19 heavy (non-hydrogen) atoms. The fraction of sp³-hybridized carbons (Fsp3) is 0.571. The molecule has 0 aliphatic carbocycles. The Morgan fingerprint density at radius 1 is 1.37 bits per heavy atom. The first kappa shape index (κ1) is 17.2. The number of nitrogens with zero attached hydrogens (tertiary/aromatic N) is 2. The third-order valence-corrected chi connectivity index (χ3v) is 2.13. The molecule has 0 aliphatic rings. The second kappa shape index (κ2) is 6.97. The predicted molar refractivity (Wildman–Crippen MR) is 79.4 cm³/mol. The van der Waals surface area contributed by atoms with Crippen molar-refractivity contribution in [1.29, 1.82) is 0 Å². The summed E-state index contributed by atoms with van der Waals surface area (Å²) >= 11 is 0. The highest BCUT2D eigenvalue weighted by atomic mass is 16.6. The van der Waals surface area contributed by atoms with Crippen LogP contribution in [-0.4, -0.2) is 23.7 Å². The number of nitrogen functional groups attached to an aromatic ring is 1. The molecule has 1 heterocycles. The molecule has 0 saturated heterocycles. The van der Waals surface area contributed by atoms with Gasteiger partial charge in [-0.05, 0) is 39.3 Å². The Bertz CT molecular complexity index is 425. The molecule has 1 rings (SSSR count). The van der Waals surface area contributed by atoms with Gasteiger partial charge in [0, 0.05) is 7.05 Å². The lowest BCUT2D eigenvalue weighted by Gasteiger charge is -2.25. The maximum Gasteiger partial charge on any atom is 0.414 e. The largest absolute Gasteiger partial charge is 0.443 e. The normalized spacial score (nSPS) is 10.3. The van der Waals surface area contributed by atoms with Gasteiger partial charge in [0.1, 0.15) is 11.4 Å². The van der Waals surface area contributed by atoms with Crippen LogP contribution in [0.25, 0.3) is 0 Å². The van der Waals surface area contributed by atoms with E-state index < -0.39 is 11.7 Å². The van der Waals surface area contributed by atoms with E-state index in [0.29, 0.717) is 11.5 Å². The number of aryl methyl sites for hydroxylation is 1. The van der Waals surface area contributed by atoms with Gasteiger partial charge in [0.2, 0.25) is 0 Å². The lowest BCUT2D eigenvalue weighted by molar-refractivity contribution is 0.0589. The maximum absolute atomic E-state index is 11.8. The summed E-state index contributed by atoms with van der Waals surface area (Å²) in [4.78, 5) is 17.2. The molecule has 2 N–H and O–H groups in total. The lowest BCUT2D eigenvalue weighted by Crippen LogP contribution is -2.34. The summed E-state index contributed by atoms with van der Waals surface area (Å²) in [5.41, 5.74) is 6.62. The zero-order valence-corrected chi connectivity index (χ0v) is 12.9. The second-order valence-corrected chi connectivity index (χ2v) is 4.94. The van der Waals surface area contributed by atoms with E-state index in [4.69, 9.17) is 10.5 Å². The van der Waals surface area contributed by atoms with Crippen molar-refractivity contribution in [2.75, 3.05) is 17.7 Å². The molecule has 0 aliphatic heterocycles. The van der Waals surface area contributed by atoms with Crippen molar-refractivity contribution in [2.24, 2.45) is 0 Å². The van der Waals surface area contributed by atoms with E-state index in [-0.39, 0.29) is 0 Å². The number of anilines is 2. The van der Waals surface area contributed by atoms with E-state index >= 15 is 0 Å². The van der Waals surface area contributed by atoms with Gasteiger partial charge in [-0.3, -0.25) is 4.90 Å². The highest BCUT2D eigenvalue weighted by Gasteiger charge is 2.21. The van der Waals surface area contributed by atoms with Crippen LogP contribution in [0.2, 0.25) is 0 Å². The highest BCUT2D eigenvalue weighted by molar-refractivity contribution is 5.88. The number of hydrogen-bond donors (Lipinski definition) is 1. The quantitative estimate of drug-likeness (QED) is 0.847. The SMILES string of the molecule is CC.Cc1cc(N)ncc1N(C)C(=O)OC(C)(C)C. The van der Waals surface area contributed by atoms with Crippen LogP contribution in [0.4, 0.5) is 16.3 Å². The second-order valence-electron chi connectivity index (χ2n) is 4.94. The van der Waals surface area contributed by atoms with Crippen LogP contribution in [0.15, 0.2) is 12.3 Å². The van der Waals surface area contributed by atoms with Crippen molar-refractivity contribution < 1.29 is 9.53 Å². The average Bonchev–Trinajstić information content (AvgIpc) is 2.28. The summed E-state index contributed by atoms with van der Waals surface area (Å²) in [6.07, 6.45) is 1.15. The van der Waals surface area contributed by atoms with Gasteiger partial charge in [-0.1, -0.05) is 13.8 Å². The average molecular weight is 267 g/mol. The Labute approximate surface area is 115 Å². The van der Waals surface area contributed by atoms with Gasteiger partial charge in [0.15, 0.2) is 0 Å². The van der Waals surface area contributed by atoms with Crippen molar-refractivity contribution in [3.8, 4) is 0 Å². The summed E-state index contributed by atoms with van der Waals surface area (Å²) < 4.78 is 5.27. The molecule has 0 fully saturated rings. The van der Waals surface area contributed by atoms with Crippen molar-refractivity contribution in [3.63, 3.8) is 0 Å². The molecule has 1 aromatic heterocycles. The van der Waals surface area contributed by atoms with Crippen molar-refractivity contribution >= 4 is 17.6 Å². The van der Waals surface area contributed by atoms with E-state index in [9.17, 15) is 4.79 Å². The molecule has 0 atom stereocenters. The first-order valence-electron chi connectivity index (χ1n) is 6.39. The van der Waals surface area contributed by atoms with Gasteiger partial charge < -0.3 is 10.5 Å². The highest BCUT2D eigenvalue weighted by Crippen LogP contribution is 2.21. The molecule has 0 unspecified atom stereocenters. The van der Waals surface area contributed by atoms with Gasteiger partial charge in [-0.15, -0.1) is 0 Å². The molecule has 0 radical (unpaired) electrons. The smallest absolute Gasteiger partial charge is 0.414 e. The van der Waals surface area contributed by atoms with Crippen LogP contribution in [0.1, 0.15) is 40.2 Å². The number of hydrogen-bond acceptors (Lipinski definition) is 4. The maximum atomic E-state index is 11.8. The molecular weight excluding hydrogens is 242 g/mol. The molecule has 5 heteroatoms. The summed E-state index contributed by atoms with van der Waals surface area (Å²) in [5.74, 6) is 0.434. The Hall–Kier alpha value is -1.78. The van der Waals surface area contributed by atoms with Crippen LogP contribution >= 0.6 is 0 Å². The summed E-state index contributed by atoms with van der Waals surface area (Å²) in [7, 11) is 1.65. The third kappa shape index (κ3) is 5.59. The van der Waals surface area contributed by atoms with Crippen LogP contribution in [0.5, 0.6) is 0 Å². The van der Waals surface area contributed by atoms with Crippen LogP contribution in [0.3, 0.4) is 0 Å². The molecule has 0 spiro atoms. The Morgan fingerprint density at radius 3 is 2.32 bits per heavy atom. The van der Waals surface area contributed by atoms with E-state index in [2.05, 4.69) is 4.98 Å². The van der Waals surface area contributed by atoms with Gasteiger partial charge in [0.05, 0.1) is 11.9 Å². The third-order valence-electron chi connectivity index (χ3n) is 2.13. The molecule has 0 bridgehead atoms. The first-order valence-corrected chi connectivity index (χ1v) is 6.39. The summed E-state index contributed by atoms with van der Waals surface area (Å²) in [5, 5.41) is 0. The molecule has 1 aromatic rings. The first-order chi connectivity index (χ1) is 8.70. The molecule has 1 amide bonds. The topological polar surface area (TPSA) is 68.5 Å². The van der Waals surface area contributed by atoms with Crippen LogP contribution in [0, 0.1) is 6.92 Å². The van der Waals surface area contributed by atoms with Gasteiger partial charge >= 0.3 is 6.09 Å². The van der Waals surface area contributed by atoms with E-state index in [1.807, 2.05) is 41.5 Å². The minimum Gasteiger partial charge on any atom is -0.443 e. The number of nitrogens with two attached hydrogens (primary N) is 1. The fourth-order valence-electron chi connectivity index (χ4n) is 1.35. The lowest BCUT2D eigenvalue weighted by atomic mass is 10.2.